The van der Waals surface area contributed by atoms with Gasteiger partial charge in [0.2, 0.25) is 0 Å². The van der Waals surface area contributed by atoms with E-state index in [0.717, 1.165) is 17.8 Å². The quantitative estimate of drug-likeness (QED) is 0.105. The van der Waals surface area contributed by atoms with Gasteiger partial charge in [0.15, 0.2) is 16.6 Å². The van der Waals surface area contributed by atoms with Gasteiger partial charge in [0.25, 0.3) is 0 Å². The van der Waals surface area contributed by atoms with Gasteiger partial charge in [-0.1, -0.05) is 577 Å². The van der Waals surface area contributed by atoms with Gasteiger partial charge in [-0.3, -0.25) is 0 Å². The smallest absolute Gasteiger partial charge is 0.331 e. The van der Waals surface area contributed by atoms with E-state index in [0.29, 0.717) is 10.8 Å². The summed E-state index contributed by atoms with van der Waals surface area (Å²) in [5.41, 5.74) is 13.3. The molecule has 0 spiro atoms. The number of ether oxygens (including phenoxy) is 1. The highest BCUT2D eigenvalue weighted by atomic mass is 28.4. The Morgan fingerprint density at radius 1 is 0.331 bits per heavy atom. The van der Waals surface area contributed by atoms with E-state index in [1.165, 1.54) is 92.6 Å². The number of allylic oxidation sites excluding steroid dienone is 6. The van der Waals surface area contributed by atoms with E-state index in [-0.39, 0.29) is 208 Å². The second kappa shape index (κ2) is 187. The Kier molecular flexibility index (Phi) is 393. The molecule has 4 rings (SSSR count). The number of benzene rings is 4. The van der Waals surface area contributed by atoms with Crippen molar-refractivity contribution in [1.82, 2.24) is 0 Å². The highest BCUT2D eigenvalue weighted by Crippen LogP contribution is 2.18. The van der Waals surface area contributed by atoms with Crippen molar-refractivity contribution in [3.63, 3.8) is 0 Å². The molecule has 0 aromatic heterocycles. The maximum atomic E-state index is 5.08. The molecule has 4 aromatic rings. The fourth-order valence-corrected chi connectivity index (χ4v) is 3.18. The van der Waals surface area contributed by atoms with Crippen molar-refractivity contribution in [2.75, 3.05) is 42.7 Å². The summed E-state index contributed by atoms with van der Waals surface area (Å²) in [6.45, 7) is 112. The molecule has 0 aliphatic carbocycles. The highest BCUT2D eigenvalue weighted by molar-refractivity contribution is 6.76. The summed E-state index contributed by atoms with van der Waals surface area (Å²) in [6.07, 6.45) is 11.2. The van der Waals surface area contributed by atoms with Crippen molar-refractivity contribution in [2.24, 2.45) is 28.6 Å². The predicted molar refractivity (Wildman–Crippen MR) is 718 cm³/mol. The van der Waals surface area contributed by atoms with Crippen molar-refractivity contribution < 1.29 is 22.4 Å². The van der Waals surface area contributed by atoms with E-state index < -0.39 is 41.3 Å². The zero-order valence-corrected chi connectivity index (χ0v) is 90.1. The SMILES string of the molecule is C.C.C.C.C.C.C.C.C.C.C.C.C.C.C.C.C.C.C.C.C.C.C.C.C.C.C.C.CC#CC.CC(C)(C)C.CC(C)=C(C)C.CC(C)C.CC=C(C)C.CC=CC.CCC.CCC(C)(C)C.CCC(C)C.CCC(C)C.CC[Si](C)(C)C.COC.CO[Si](C)(C)C.CO[Si](C)(C)C.CO[Si](C)(C)OC.C[Si](C)(C)C.Cc1ccc(C)cc1.Cc1ccc2cc(C)ccc2c1.Cc1cccc(C)c1. The van der Waals surface area contributed by atoms with Crippen molar-refractivity contribution >= 4 is 52.1 Å². The maximum absolute atomic E-state index is 5.08. The third-order valence-electron chi connectivity index (χ3n) is 12.7. The number of aryl methyl sites for hydroxylation is 6. The van der Waals surface area contributed by atoms with Crippen LogP contribution in [-0.2, 0) is 22.4 Å². The van der Waals surface area contributed by atoms with Crippen molar-refractivity contribution in [3.8, 4) is 11.8 Å². The lowest BCUT2D eigenvalue weighted by Gasteiger charge is -2.15. The molecule has 0 aliphatic rings. The lowest BCUT2D eigenvalue weighted by Crippen LogP contribution is -2.31. The van der Waals surface area contributed by atoms with Gasteiger partial charge in [-0.15, -0.1) is 11.8 Å². The van der Waals surface area contributed by atoms with E-state index in [9.17, 15) is 0 Å². The molecule has 0 saturated carbocycles. The van der Waals surface area contributed by atoms with Crippen LogP contribution in [0.15, 0.2) is 120 Å². The highest BCUT2D eigenvalue weighted by Gasteiger charge is 2.19. The molecule has 0 unspecified atom stereocenters. The summed E-state index contributed by atoms with van der Waals surface area (Å²) in [5.74, 6) is 7.96. The van der Waals surface area contributed by atoms with Crippen LogP contribution >= 0.6 is 0 Å². The van der Waals surface area contributed by atoms with Crippen LogP contribution in [0.3, 0.4) is 0 Å². The van der Waals surface area contributed by atoms with Crippen LogP contribution in [0.5, 0.6) is 0 Å². The molecule has 0 saturated heterocycles. The largest absolute Gasteiger partial charge is 0.421 e. The number of rotatable bonds is 7. The van der Waals surface area contributed by atoms with Gasteiger partial charge in [-0.05, 0) is 209 Å². The van der Waals surface area contributed by atoms with Crippen LogP contribution in [0.25, 0.3) is 10.8 Å². The first-order valence-electron chi connectivity index (χ1n) is 40.8. The third kappa shape index (κ3) is 466. The monoisotopic (exact) mass is 2050 g/mol. The molecule has 0 heterocycles. The first kappa shape index (κ1) is 286. The minimum absolute atomic E-state index is 0. The topological polar surface area (TPSA) is 46.2 Å². The van der Waals surface area contributed by atoms with Crippen LogP contribution in [0, 0.1) is 82.0 Å². The molecule has 0 radical (unpaired) electrons. The molecular formula is C126H316O5Si5. The predicted octanol–water partition coefficient (Wildman–Crippen LogP) is 53.0. The lowest BCUT2D eigenvalue weighted by atomic mass is 9.94. The van der Waals surface area contributed by atoms with Gasteiger partial charge < -0.3 is 22.4 Å². The zero-order valence-electron chi connectivity index (χ0n) is 85.1. The second-order valence-electron chi connectivity index (χ2n) is 36.9. The van der Waals surface area contributed by atoms with Crippen LogP contribution < -0.4 is 0 Å². The van der Waals surface area contributed by atoms with Gasteiger partial charge in [-0.2, -0.15) is 0 Å². The Morgan fingerprint density at radius 3 is 0.537 bits per heavy atom. The maximum Gasteiger partial charge on any atom is 0.331 e. The molecule has 4 aromatic carbocycles. The first-order valence-corrected chi connectivity index (χ1v) is 58.1. The third-order valence-corrected chi connectivity index (χ3v) is 19.2. The van der Waals surface area contributed by atoms with E-state index in [4.69, 9.17) is 17.7 Å². The van der Waals surface area contributed by atoms with Crippen LogP contribution in [0.4, 0.5) is 0 Å². The van der Waals surface area contributed by atoms with Gasteiger partial charge >= 0.3 is 8.56 Å². The van der Waals surface area contributed by atoms with Gasteiger partial charge in [0.1, 0.15) is 0 Å². The Hall–Kier alpha value is -3.20. The number of hydrogen-bond acceptors (Lipinski definition) is 5. The number of methoxy groups -OCH3 is 1. The van der Waals surface area contributed by atoms with E-state index in [1.807, 2.05) is 59.9 Å². The molecule has 0 atom stereocenters. The second-order valence-corrected chi connectivity index (χ2v) is 61.6. The van der Waals surface area contributed by atoms with Crippen LogP contribution in [-0.4, -0.2) is 84.0 Å². The standard InChI is InChI=1S/C12H12.2C8H10.C6H14.C6H12.C5H14Si.3C5H12.C5H10.C4H12O2Si.2C4H12OSi.C4H12Si.C4H10.C4H8.C4H6.C3H8.C2H6O.28CH4/c1-9-3-5-12-8-10(2)4-6-11(12)7-9;1-7-3-5-8(2)6-4-7;1-7-4-3-5-8(2)6-7;1-5-6(2,3)4;1-5(2)6(3)4;1-5-6(2,3)4;1-5(2,3)4;3*1-4-5(2)3;1-5-7(3,4)6-2;2*1-5-6(2,3)4;1-5(2,3)4;1-4(2)3;2*1-3-4-2;2*1-3-2;;;;;;;;;;;;;;;;;;;;;;;;;;;;/h3-8H,1-2H3;2*3-6H,1-2H3;5H2,1-4H3;1-4H3;5H2,1-4H3;1-4H3;2*5H,4H2,1-3H3;4H,1-3H3;1-4H3;2*1-4H3;1-4H3;4H,1-3H3;3-4H,1-2H3;1-2H3;3H2,1-2H3;1-2H3;28*1H4. The van der Waals surface area contributed by atoms with Crippen molar-refractivity contribution in [1.29, 1.82) is 0 Å². The summed E-state index contributed by atoms with van der Waals surface area (Å²) >= 11 is 0. The molecule has 0 amide bonds. The Morgan fingerprint density at radius 2 is 0.471 bits per heavy atom. The number of hydrogen-bond donors (Lipinski definition) is 0. The zero-order chi connectivity index (χ0) is 90.1. The molecule has 0 fully saturated rings. The fraction of sp³-hybridized carbons (Fsp3) is 0.762. The van der Waals surface area contributed by atoms with Gasteiger partial charge in [0.05, 0.1) is 0 Å². The number of fused-ring (bicyclic) bond motifs is 1. The summed E-state index contributed by atoms with van der Waals surface area (Å²) < 4.78 is 24.4. The van der Waals surface area contributed by atoms with E-state index in [1.54, 1.807) is 42.7 Å². The summed E-state index contributed by atoms with van der Waals surface area (Å²) in [4.78, 5) is 0. The normalized spacial score (nSPS) is 7.86. The lowest BCUT2D eigenvalue weighted by molar-refractivity contribution is 0.258. The van der Waals surface area contributed by atoms with Crippen LogP contribution in [0.1, 0.15) is 482 Å². The van der Waals surface area contributed by atoms with Crippen molar-refractivity contribution in [2.45, 2.75) is 594 Å². The summed E-state index contributed by atoms with van der Waals surface area (Å²) in [7, 11) is 4.99. The van der Waals surface area contributed by atoms with Gasteiger partial charge in [0, 0.05) is 58.8 Å². The molecule has 0 N–H and O–H groups in total. The first-order chi connectivity index (χ1) is 48.5. The molecule has 5 nitrogen and oxygen atoms in total. The molecule has 0 bridgehead atoms. The molecular weight excluding hydrogens is 1730 g/mol. The molecule has 0 aliphatic heterocycles. The van der Waals surface area contributed by atoms with Gasteiger partial charge in [-0.25, -0.2) is 0 Å². The summed E-state index contributed by atoms with van der Waals surface area (Å²) in [6, 6.07) is 31.4. The average Bonchev–Trinajstić information content (AvgIpc) is 0.839. The molecule has 10 heteroatoms. The minimum Gasteiger partial charge on any atom is -0.421 e. The molecule has 136 heavy (non-hydrogen) atoms. The van der Waals surface area contributed by atoms with E-state index >= 15 is 0 Å². The van der Waals surface area contributed by atoms with Crippen LogP contribution in [0.2, 0.25) is 104 Å². The Bertz CT molecular complexity index is 2350. The summed E-state index contributed by atoms with van der Waals surface area (Å²) in [5, 5.41) is 2.67. The van der Waals surface area contributed by atoms with E-state index in [2.05, 4.69) is 414 Å². The Balaban J connectivity index is -0.0000000163. The molecule has 870 valence electrons. The average molecular weight is 2050 g/mol. The fourth-order valence-electron chi connectivity index (χ4n) is 3.01. The minimum atomic E-state index is -1.65. The van der Waals surface area contributed by atoms with Crippen molar-refractivity contribution in [3.05, 3.63) is 153 Å². The Labute approximate surface area is 898 Å².